The van der Waals surface area contributed by atoms with E-state index in [2.05, 4.69) is 29.4 Å². The van der Waals surface area contributed by atoms with Gasteiger partial charge in [0, 0.05) is 5.56 Å². The van der Waals surface area contributed by atoms with E-state index in [1.54, 1.807) is 4.68 Å². The van der Waals surface area contributed by atoms with Crippen LogP contribution in [0.3, 0.4) is 0 Å². The molecule has 0 N–H and O–H groups in total. The van der Waals surface area contributed by atoms with Crippen LogP contribution in [0.15, 0.2) is 53.7 Å². The molecule has 0 amide bonds. The molecule has 0 fully saturated rings. The molecular weight excluding hydrogens is 344 g/mol. The van der Waals surface area contributed by atoms with Crippen molar-refractivity contribution in [2.75, 3.05) is 5.75 Å². The highest BCUT2D eigenvalue weighted by Gasteiger charge is 2.14. The van der Waals surface area contributed by atoms with Crippen LogP contribution in [0.4, 0.5) is 0 Å². The Bertz CT molecular complexity index is 889. The smallest absolute Gasteiger partial charge is 0.214 e. The molecule has 3 aromatic rings. The maximum atomic E-state index is 12.5. The first-order chi connectivity index (χ1) is 12.6. The highest BCUT2D eigenvalue weighted by molar-refractivity contribution is 7.99. The van der Waals surface area contributed by atoms with Gasteiger partial charge in [0.2, 0.25) is 5.16 Å². The van der Waals surface area contributed by atoms with Gasteiger partial charge in [0.1, 0.15) is 0 Å². The Morgan fingerprint density at radius 2 is 1.88 bits per heavy atom. The summed E-state index contributed by atoms with van der Waals surface area (Å²) in [4.78, 5) is 12.5. The van der Waals surface area contributed by atoms with Crippen molar-refractivity contribution in [1.29, 1.82) is 0 Å². The fraction of sp³-hybridized carbons (Fsp3) is 0.300. The first-order valence-electron chi connectivity index (χ1n) is 8.70. The Labute approximate surface area is 157 Å². The standard InChI is InChI=1S/C20H22N4OS/c1-4-14(2)16-9-11-17(12-10-16)19(25)13-26-20-21-22-23-24(20)18-8-6-5-7-15(18)3/h5-12,14H,4,13H2,1-3H3/t14-/m0/s1. The molecule has 26 heavy (non-hydrogen) atoms. The normalized spacial score (nSPS) is 12.1. The van der Waals surface area contributed by atoms with Crippen molar-refractivity contribution in [3.8, 4) is 5.69 Å². The molecule has 0 saturated heterocycles. The molecule has 5 nitrogen and oxygen atoms in total. The minimum atomic E-state index is 0.0741. The van der Waals surface area contributed by atoms with Gasteiger partial charge in [-0.2, -0.15) is 4.68 Å². The van der Waals surface area contributed by atoms with Gasteiger partial charge in [0.25, 0.3) is 0 Å². The first-order valence-corrected chi connectivity index (χ1v) is 9.69. The monoisotopic (exact) mass is 366 g/mol. The minimum Gasteiger partial charge on any atom is -0.293 e. The zero-order valence-electron chi connectivity index (χ0n) is 15.2. The van der Waals surface area contributed by atoms with Gasteiger partial charge in [-0.15, -0.1) is 5.10 Å². The Morgan fingerprint density at radius 1 is 1.15 bits per heavy atom. The molecule has 1 aromatic heterocycles. The molecule has 0 radical (unpaired) electrons. The number of benzene rings is 2. The molecule has 0 aliphatic heterocycles. The molecule has 0 unspecified atom stereocenters. The largest absolute Gasteiger partial charge is 0.293 e. The van der Waals surface area contributed by atoms with Crippen LogP contribution in [0.25, 0.3) is 5.69 Å². The van der Waals surface area contributed by atoms with Gasteiger partial charge in [-0.3, -0.25) is 4.79 Å². The van der Waals surface area contributed by atoms with Gasteiger partial charge in [-0.25, -0.2) is 0 Å². The van der Waals surface area contributed by atoms with Gasteiger partial charge >= 0.3 is 0 Å². The lowest BCUT2D eigenvalue weighted by Crippen LogP contribution is -2.06. The van der Waals surface area contributed by atoms with Crippen LogP contribution in [0, 0.1) is 6.92 Å². The van der Waals surface area contributed by atoms with E-state index in [9.17, 15) is 4.79 Å². The number of hydrogen-bond acceptors (Lipinski definition) is 5. The van der Waals surface area contributed by atoms with Crippen molar-refractivity contribution in [3.05, 3.63) is 65.2 Å². The van der Waals surface area contributed by atoms with Crippen LogP contribution in [-0.4, -0.2) is 31.7 Å². The number of carbonyl (C=O) groups excluding carboxylic acids is 1. The van der Waals surface area contributed by atoms with Crippen LogP contribution in [0.5, 0.6) is 0 Å². The fourth-order valence-corrected chi connectivity index (χ4v) is 3.45. The van der Waals surface area contributed by atoms with Gasteiger partial charge in [0.05, 0.1) is 11.4 Å². The van der Waals surface area contributed by atoms with Crippen LogP contribution in [0.2, 0.25) is 0 Å². The van der Waals surface area contributed by atoms with E-state index in [0.29, 0.717) is 16.8 Å². The third-order valence-electron chi connectivity index (χ3n) is 4.53. The van der Waals surface area contributed by atoms with Crippen molar-refractivity contribution < 1.29 is 4.79 Å². The molecule has 0 aliphatic carbocycles. The summed E-state index contributed by atoms with van der Waals surface area (Å²) < 4.78 is 1.68. The Morgan fingerprint density at radius 3 is 2.58 bits per heavy atom. The number of hydrogen-bond donors (Lipinski definition) is 0. The average molecular weight is 366 g/mol. The van der Waals surface area contributed by atoms with Crippen molar-refractivity contribution in [2.45, 2.75) is 38.3 Å². The number of carbonyl (C=O) groups is 1. The quantitative estimate of drug-likeness (QED) is 0.456. The maximum Gasteiger partial charge on any atom is 0.214 e. The van der Waals surface area contributed by atoms with Crippen molar-refractivity contribution in [2.24, 2.45) is 0 Å². The van der Waals surface area contributed by atoms with E-state index in [-0.39, 0.29) is 5.78 Å². The topological polar surface area (TPSA) is 60.7 Å². The van der Waals surface area contributed by atoms with Crippen molar-refractivity contribution in [1.82, 2.24) is 20.2 Å². The van der Waals surface area contributed by atoms with E-state index >= 15 is 0 Å². The SMILES string of the molecule is CC[C@H](C)c1ccc(C(=O)CSc2nnnn2-c2ccccc2C)cc1. The van der Waals surface area contributed by atoms with Crippen molar-refractivity contribution >= 4 is 17.5 Å². The van der Waals surface area contributed by atoms with Gasteiger partial charge in [-0.1, -0.05) is 68.1 Å². The minimum absolute atomic E-state index is 0.0741. The second-order valence-electron chi connectivity index (χ2n) is 6.30. The Hall–Kier alpha value is -2.47. The summed E-state index contributed by atoms with van der Waals surface area (Å²) in [6.07, 6.45) is 1.09. The number of aromatic nitrogens is 4. The molecule has 1 heterocycles. The van der Waals surface area contributed by atoms with Crippen LogP contribution >= 0.6 is 11.8 Å². The lowest BCUT2D eigenvalue weighted by atomic mass is 9.97. The van der Waals surface area contributed by atoms with Crippen LogP contribution in [0.1, 0.15) is 47.7 Å². The van der Waals surface area contributed by atoms with Crippen LogP contribution < -0.4 is 0 Å². The molecule has 2 aromatic carbocycles. The summed E-state index contributed by atoms with van der Waals surface area (Å²) in [5.41, 5.74) is 3.98. The average Bonchev–Trinajstić information content (AvgIpc) is 3.14. The van der Waals surface area contributed by atoms with Gasteiger partial charge < -0.3 is 0 Å². The fourth-order valence-electron chi connectivity index (χ4n) is 2.67. The first kappa shape index (κ1) is 18.3. The number of Topliss-reactive ketones (excluding diaryl/α,β-unsaturated/α-hetero) is 1. The van der Waals surface area contributed by atoms with E-state index in [1.165, 1.54) is 17.3 Å². The molecule has 6 heteroatoms. The molecule has 1 atom stereocenters. The van der Waals surface area contributed by atoms with Crippen molar-refractivity contribution in [3.63, 3.8) is 0 Å². The summed E-state index contributed by atoms with van der Waals surface area (Å²) in [6, 6.07) is 15.8. The predicted octanol–water partition coefficient (Wildman–Crippen LogP) is 4.46. The zero-order valence-corrected chi connectivity index (χ0v) is 16.0. The van der Waals surface area contributed by atoms with Gasteiger partial charge in [0.15, 0.2) is 5.78 Å². The summed E-state index contributed by atoms with van der Waals surface area (Å²) in [5, 5.41) is 12.5. The van der Waals surface area contributed by atoms with E-state index in [4.69, 9.17) is 0 Å². The summed E-state index contributed by atoms with van der Waals surface area (Å²) in [6.45, 7) is 6.37. The number of tetrazole rings is 1. The second-order valence-corrected chi connectivity index (χ2v) is 7.25. The highest BCUT2D eigenvalue weighted by atomic mass is 32.2. The number of nitrogens with zero attached hydrogens (tertiary/aromatic N) is 4. The molecule has 3 rings (SSSR count). The third-order valence-corrected chi connectivity index (χ3v) is 5.45. The molecule has 0 bridgehead atoms. The number of aryl methyl sites for hydroxylation is 1. The number of ketones is 1. The number of para-hydroxylation sites is 1. The summed E-state index contributed by atoms with van der Waals surface area (Å²) >= 11 is 1.35. The molecule has 0 saturated carbocycles. The number of rotatable bonds is 7. The van der Waals surface area contributed by atoms with E-state index in [0.717, 1.165) is 23.2 Å². The zero-order chi connectivity index (χ0) is 18.5. The highest BCUT2D eigenvalue weighted by Crippen LogP contribution is 2.23. The summed E-state index contributed by atoms with van der Waals surface area (Å²) in [5.74, 6) is 0.881. The molecular formula is C20H22N4OS. The Balaban J connectivity index is 1.69. The third kappa shape index (κ3) is 4.02. The second kappa shape index (κ2) is 8.27. The number of thioether (sulfide) groups is 1. The van der Waals surface area contributed by atoms with Gasteiger partial charge in [-0.05, 0) is 46.9 Å². The molecule has 134 valence electrons. The molecule has 0 spiro atoms. The Kier molecular flexibility index (Phi) is 5.83. The lowest BCUT2D eigenvalue weighted by molar-refractivity contribution is 0.102. The predicted molar refractivity (Wildman–Crippen MR) is 104 cm³/mol. The molecule has 0 aliphatic rings. The summed E-state index contributed by atoms with van der Waals surface area (Å²) in [7, 11) is 0. The maximum absolute atomic E-state index is 12.5. The van der Waals surface area contributed by atoms with Crippen LogP contribution in [-0.2, 0) is 0 Å². The van der Waals surface area contributed by atoms with E-state index in [1.807, 2.05) is 55.5 Å². The lowest BCUT2D eigenvalue weighted by Gasteiger charge is -2.09. The van der Waals surface area contributed by atoms with E-state index < -0.39 is 0 Å².